The van der Waals surface area contributed by atoms with E-state index in [-0.39, 0.29) is 39.2 Å². The second-order valence-corrected chi connectivity index (χ2v) is 7.80. The van der Waals surface area contributed by atoms with Gasteiger partial charge in [-0.25, -0.2) is 9.67 Å². The minimum Gasteiger partial charge on any atom is -0.463 e. The highest BCUT2D eigenvalue weighted by atomic mass is 35.5. The van der Waals surface area contributed by atoms with Crippen LogP contribution in [0.3, 0.4) is 0 Å². The lowest BCUT2D eigenvalue weighted by Gasteiger charge is -2.15. The van der Waals surface area contributed by atoms with Gasteiger partial charge in [-0.3, -0.25) is 4.79 Å². The fraction of sp³-hybridized carbons (Fsp3) is 0.0952. The highest BCUT2D eigenvalue weighted by molar-refractivity contribution is 6.33. The summed E-state index contributed by atoms with van der Waals surface area (Å²) in [6.45, 7) is 0. The average molecular weight is 535 g/mol. The first-order chi connectivity index (χ1) is 16.3. The van der Waals surface area contributed by atoms with Gasteiger partial charge in [0.2, 0.25) is 0 Å². The van der Waals surface area contributed by atoms with E-state index < -0.39 is 35.1 Å². The van der Waals surface area contributed by atoms with E-state index in [9.17, 15) is 31.1 Å². The minimum absolute atomic E-state index is 0.0142. The van der Waals surface area contributed by atoms with E-state index in [0.29, 0.717) is 12.1 Å². The van der Waals surface area contributed by atoms with Gasteiger partial charge < -0.3 is 9.73 Å². The van der Waals surface area contributed by atoms with E-state index in [1.807, 2.05) is 0 Å². The number of anilines is 1. The van der Waals surface area contributed by atoms with Crippen molar-refractivity contribution in [3.05, 3.63) is 81.8 Å². The smallest absolute Gasteiger partial charge is 0.416 e. The quantitative estimate of drug-likeness (QED) is 0.223. The van der Waals surface area contributed by atoms with Crippen molar-refractivity contribution in [1.82, 2.24) is 14.8 Å². The van der Waals surface area contributed by atoms with Gasteiger partial charge in [0.1, 0.15) is 21.8 Å². The number of amides is 1. The van der Waals surface area contributed by atoms with Crippen LogP contribution in [0.2, 0.25) is 10.3 Å². The average Bonchev–Trinajstić information content (AvgIpc) is 3.41. The molecular formula is C21H10Cl2F6N4O2. The minimum atomic E-state index is -5.08. The summed E-state index contributed by atoms with van der Waals surface area (Å²) in [5.74, 6) is -0.929. The van der Waals surface area contributed by atoms with Crippen molar-refractivity contribution in [1.29, 1.82) is 0 Å². The Kier molecular flexibility index (Phi) is 6.28. The molecule has 35 heavy (non-hydrogen) atoms. The van der Waals surface area contributed by atoms with Gasteiger partial charge in [-0.2, -0.15) is 31.4 Å². The predicted octanol–water partition coefficient (Wildman–Crippen LogP) is 7.12. The largest absolute Gasteiger partial charge is 0.463 e. The van der Waals surface area contributed by atoms with Crippen molar-refractivity contribution in [2.45, 2.75) is 12.4 Å². The molecule has 0 atom stereocenters. The van der Waals surface area contributed by atoms with Crippen LogP contribution in [-0.2, 0) is 12.4 Å². The van der Waals surface area contributed by atoms with Crippen LogP contribution in [0.5, 0.6) is 0 Å². The Morgan fingerprint density at radius 2 is 1.51 bits per heavy atom. The number of nitrogens with zero attached hydrogens (tertiary/aromatic N) is 3. The van der Waals surface area contributed by atoms with Gasteiger partial charge in [-0.15, -0.1) is 0 Å². The molecule has 4 aromatic rings. The van der Waals surface area contributed by atoms with E-state index in [1.54, 1.807) is 0 Å². The monoisotopic (exact) mass is 534 g/mol. The summed E-state index contributed by atoms with van der Waals surface area (Å²) in [5.41, 5.74) is -3.75. The summed E-state index contributed by atoms with van der Waals surface area (Å²) in [5, 5.41) is 6.23. The summed E-state index contributed by atoms with van der Waals surface area (Å²) >= 11 is 11.6. The Morgan fingerprint density at radius 1 is 0.914 bits per heavy atom. The van der Waals surface area contributed by atoms with E-state index in [1.165, 1.54) is 36.6 Å². The van der Waals surface area contributed by atoms with Gasteiger partial charge >= 0.3 is 12.4 Å². The van der Waals surface area contributed by atoms with Crippen molar-refractivity contribution in [3.8, 4) is 17.1 Å². The lowest BCUT2D eigenvalue weighted by molar-refractivity contribution is -0.143. The standard InChI is InChI=1S/C21H10Cl2F6N4O2/c22-16-4-10(5-17(23)30-16)19(34)31-18-9-14(15-2-1-3-35-15)32-33(18)13-7-11(20(24,25)26)6-12(8-13)21(27,28)29/h1-9H,(H,31,34). The summed E-state index contributed by atoms with van der Waals surface area (Å²) in [6, 6.07) is 7.46. The maximum absolute atomic E-state index is 13.4. The lowest BCUT2D eigenvalue weighted by Crippen LogP contribution is -2.17. The van der Waals surface area contributed by atoms with Crippen LogP contribution < -0.4 is 5.32 Å². The Labute approximate surface area is 202 Å². The molecule has 1 amide bonds. The molecule has 0 aliphatic carbocycles. The number of pyridine rings is 1. The van der Waals surface area contributed by atoms with Gasteiger partial charge in [0, 0.05) is 11.6 Å². The van der Waals surface area contributed by atoms with Crippen LogP contribution in [0, 0.1) is 0 Å². The molecule has 0 unspecified atom stereocenters. The predicted molar refractivity (Wildman–Crippen MR) is 113 cm³/mol. The van der Waals surface area contributed by atoms with Crippen LogP contribution in [-0.4, -0.2) is 20.7 Å². The summed E-state index contributed by atoms with van der Waals surface area (Å²) in [4.78, 5) is 16.5. The Balaban J connectivity index is 1.86. The van der Waals surface area contributed by atoms with Crippen molar-refractivity contribution in [3.63, 3.8) is 0 Å². The number of furan rings is 1. The molecule has 0 saturated heterocycles. The molecule has 1 aromatic carbocycles. The third kappa shape index (κ3) is 5.43. The molecule has 6 nitrogen and oxygen atoms in total. The molecule has 0 saturated carbocycles. The number of hydrogen-bond acceptors (Lipinski definition) is 4. The van der Waals surface area contributed by atoms with Gasteiger partial charge in [-0.1, -0.05) is 23.2 Å². The number of aromatic nitrogens is 3. The van der Waals surface area contributed by atoms with E-state index in [0.717, 1.165) is 4.68 Å². The highest BCUT2D eigenvalue weighted by Gasteiger charge is 2.37. The van der Waals surface area contributed by atoms with Gasteiger partial charge in [-0.05, 0) is 42.5 Å². The fourth-order valence-electron chi connectivity index (χ4n) is 3.06. The summed E-state index contributed by atoms with van der Waals surface area (Å²) < 4.78 is 86.2. The molecule has 0 aliphatic rings. The van der Waals surface area contributed by atoms with E-state index in [4.69, 9.17) is 27.6 Å². The van der Waals surface area contributed by atoms with Gasteiger partial charge in [0.05, 0.1) is 23.1 Å². The van der Waals surface area contributed by atoms with Crippen molar-refractivity contribution >= 4 is 34.9 Å². The number of carbonyl (C=O) groups is 1. The van der Waals surface area contributed by atoms with Crippen molar-refractivity contribution in [2.24, 2.45) is 0 Å². The Bertz CT molecular complexity index is 1350. The zero-order valence-corrected chi connectivity index (χ0v) is 18.4. The van der Waals surface area contributed by atoms with E-state index in [2.05, 4.69) is 15.4 Å². The lowest BCUT2D eigenvalue weighted by atomic mass is 10.1. The maximum atomic E-state index is 13.4. The topological polar surface area (TPSA) is 73.0 Å². The number of nitrogens with one attached hydrogen (secondary N) is 1. The van der Waals surface area contributed by atoms with Crippen LogP contribution in [0.4, 0.5) is 32.2 Å². The number of halogens is 8. The molecule has 0 bridgehead atoms. The number of rotatable bonds is 4. The van der Waals surface area contributed by atoms with Crippen LogP contribution in [0.1, 0.15) is 21.5 Å². The molecule has 0 fully saturated rings. The zero-order valence-electron chi connectivity index (χ0n) is 16.9. The molecule has 3 heterocycles. The van der Waals surface area contributed by atoms with Gasteiger partial charge in [0.25, 0.3) is 5.91 Å². The third-order valence-electron chi connectivity index (χ3n) is 4.57. The highest BCUT2D eigenvalue weighted by Crippen LogP contribution is 2.38. The molecule has 1 N–H and O–H groups in total. The molecule has 4 rings (SSSR count). The molecular weight excluding hydrogens is 525 g/mol. The van der Waals surface area contributed by atoms with E-state index >= 15 is 0 Å². The number of carbonyl (C=O) groups excluding carboxylic acids is 1. The number of alkyl halides is 6. The van der Waals surface area contributed by atoms with Crippen molar-refractivity contribution in [2.75, 3.05) is 5.32 Å². The molecule has 14 heteroatoms. The molecule has 0 spiro atoms. The normalized spacial score (nSPS) is 12.1. The first kappa shape index (κ1) is 24.6. The second-order valence-electron chi connectivity index (χ2n) is 7.02. The maximum Gasteiger partial charge on any atom is 0.416 e. The number of hydrogen-bond donors (Lipinski definition) is 1. The Morgan fingerprint density at radius 3 is 2.03 bits per heavy atom. The molecule has 0 aliphatic heterocycles. The summed E-state index contributed by atoms with van der Waals surface area (Å²) in [7, 11) is 0. The zero-order chi connectivity index (χ0) is 25.5. The Hall–Kier alpha value is -3.51. The SMILES string of the molecule is O=C(Nc1cc(-c2ccco2)nn1-c1cc(C(F)(F)F)cc(C(F)(F)F)c1)c1cc(Cl)nc(Cl)c1. The number of benzene rings is 1. The first-order valence-electron chi connectivity index (χ1n) is 9.39. The summed E-state index contributed by atoms with van der Waals surface area (Å²) in [6.07, 6.45) is -8.87. The van der Waals surface area contributed by atoms with Crippen LogP contribution in [0.15, 0.2) is 59.2 Å². The third-order valence-corrected chi connectivity index (χ3v) is 4.95. The first-order valence-corrected chi connectivity index (χ1v) is 10.1. The molecule has 3 aromatic heterocycles. The van der Waals surface area contributed by atoms with Crippen molar-refractivity contribution < 1.29 is 35.6 Å². The van der Waals surface area contributed by atoms with Gasteiger partial charge in [0.15, 0.2) is 5.76 Å². The second kappa shape index (κ2) is 8.93. The fourth-order valence-corrected chi connectivity index (χ4v) is 3.52. The molecule has 0 radical (unpaired) electrons. The van der Waals surface area contributed by atoms with Crippen LogP contribution >= 0.6 is 23.2 Å². The molecule has 182 valence electrons. The van der Waals surface area contributed by atoms with Crippen LogP contribution in [0.25, 0.3) is 17.1 Å².